The Morgan fingerprint density at radius 3 is 1.55 bits per heavy atom. The number of alkyl halides is 6. The maximum atomic E-state index is 12.7. The average Bonchev–Trinajstić information content (AvgIpc) is 2.70. The Labute approximate surface area is 184 Å². The standard InChI is InChI=1S/C23H16F6O4/c24-22(25,26)32-18-10-4-8-16(12-18)21(20(30)31,14-15-6-2-1-3-7-15)17-9-5-11-19(13-17)33-23(27,28)29/h1-13H,14H2,(H,30,31). The molecule has 0 aliphatic carbocycles. The Hall–Kier alpha value is -3.69. The van der Waals surface area contributed by atoms with Crippen LogP contribution in [0.3, 0.4) is 0 Å². The lowest BCUT2D eigenvalue weighted by Crippen LogP contribution is -2.39. The molecule has 0 aromatic heterocycles. The highest BCUT2D eigenvalue weighted by Crippen LogP contribution is 2.40. The highest BCUT2D eigenvalue weighted by Gasteiger charge is 2.44. The van der Waals surface area contributed by atoms with Crippen LogP contribution in [-0.4, -0.2) is 23.8 Å². The van der Waals surface area contributed by atoms with Gasteiger partial charge in [0.15, 0.2) is 0 Å². The van der Waals surface area contributed by atoms with Gasteiger partial charge in [-0.1, -0.05) is 54.6 Å². The van der Waals surface area contributed by atoms with Crippen LogP contribution in [0.2, 0.25) is 0 Å². The van der Waals surface area contributed by atoms with Crippen LogP contribution in [0.1, 0.15) is 16.7 Å². The summed E-state index contributed by atoms with van der Waals surface area (Å²) >= 11 is 0. The first kappa shape index (κ1) is 24.0. The van der Waals surface area contributed by atoms with E-state index in [1.54, 1.807) is 30.3 Å². The quantitative estimate of drug-likeness (QED) is 0.424. The molecule has 174 valence electrons. The fourth-order valence-electron chi connectivity index (χ4n) is 3.51. The first-order valence-electron chi connectivity index (χ1n) is 9.39. The molecule has 1 N–H and O–H groups in total. The van der Waals surface area contributed by atoms with Gasteiger partial charge in [-0.2, -0.15) is 0 Å². The van der Waals surface area contributed by atoms with Crippen LogP contribution in [0.25, 0.3) is 0 Å². The molecule has 33 heavy (non-hydrogen) atoms. The number of hydrogen-bond acceptors (Lipinski definition) is 3. The number of hydrogen-bond donors (Lipinski definition) is 1. The molecule has 0 saturated carbocycles. The first-order valence-corrected chi connectivity index (χ1v) is 9.39. The Balaban J connectivity index is 2.22. The van der Waals surface area contributed by atoms with E-state index in [2.05, 4.69) is 9.47 Å². The molecule has 0 fully saturated rings. The van der Waals surface area contributed by atoms with E-state index in [1.165, 1.54) is 24.3 Å². The van der Waals surface area contributed by atoms with E-state index >= 15 is 0 Å². The number of rotatable bonds is 7. The Bertz CT molecular complexity index is 1050. The van der Waals surface area contributed by atoms with Crippen molar-refractivity contribution in [2.24, 2.45) is 0 Å². The molecule has 0 unspecified atom stereocenters. The Morgan fingerprint density at radius 1 is 0.697 bits per heavy atom. The molecule has 3 aromatic carbocycles. The van der Waals surface area contributed by atoms with E-state index < -0.39 is 35.6 Å². The molecule has 0 saturated heterocycles. The highest BCUT2D eigenvalue weighted by atomic mass is 19.4. The third-order valence-electron chi connectivity index (χ3n) is 4.80. The second kappa shape index (κ2) is 9.05. The molecule has 0 bridgehead atoms. The van der Waals surface area contributed by atoms with Gasteiger partial charge in [0.25, 0.3) is 0 Å². The van der Waals surface area contributed by atoms with Crippen molar-refractivity contribution in [3.63, 3.8) is 0 Å². The van der Waals surface area contributed by atoms with Crippen LogP contribution in [0.4, 0.5) is 26.3 Å². The lowest BCUT2D eigenvalue weighted by atomic mass is 9.70. The van der Waals surface area contributed by atoms with Crippen LogP contribution in [0, 0.1) is 0 Å². The lowest BCUT2D eigenvalue weighted by Gasteiger charge is -2.31. The van der Waals surface area contributed by atoms with Crippen molar-refractivity contribution in [1.82, 2.24) is 0 Å². The summed E-state index contributed by atoms with van der Waals surface area (Å²) in [5.41, 5.74) is -1.81. The van der Waals surface area contributed by atoms with Gasteiger partial charge in [0.05, 0.1) is 0 Å². The third-order valence-corrected chi connectivity index (χ3v) is 4.80. The van der Waals surface area contributed by atoms with E-state index in [1.807, 2.05) is 0 Å². The molecular formula is C23H16F6O4. The number of ether oxygens (including phenoxy) is 2. The molecule has 0 spiro atoms. The molecule has 4 nitrogen and oxygen atoms in total. The van der Waals surface area contributed by atoms with Crippen molar-refractivity contribution < 1.29 is 45.7 Å². The minimum atomic E-state index is -5.02. The Kier molecular flexibility index (Phi) is 6.57. The van der Waals surface area contributed by atoms with E-state index in [-0.39, 0.29) is 17.5 Å². The zero-order chi connectivity index (χ0) is 24.3. The maximum Gasteiger partial charge on any atom is 0.573 e. The maximum absolute atomic E-state index is 12.7. The largest absolute Gasteiger partial charge is 0.573 e. The average molecular weight is 470 g/mol. The number of carbonyl (C=O) groups is 1. The topological polar surface area (TPSA) is 55.8 Å². The summed E-state index contributed by atoms with van der Waals surface area (Å²) in [4.78, 5) is 12.7. The fourth-order valence-corrected chi connectivity index (χ4v) is 3.51. The van der Waals surface area contributed by atoms with Gasteiger partial charge in [-0.15, -0.1) is 26.3 Å². The number of carboxylic acids is 1. The van der Waals surface area contributed by atoms with Gasteiger partial charge in [-0.25, -0.2) is 0 Å². The molecule has 3 rings (SSSR count). The SMILES string of the molecule is O=C(O)C(Cc1ccccc1)(c1cccc(OC(F)(F)F)c1)c1cccc(OC(F)(F)F)c1. The van der Waals surface area contributed by atoms with Crippen molar-refractivity contribution in [2.45, 2.75) is 24.6 Å². The second-order valence-corrected chi connectivity index (χ2v) is 7.02. The zero-order valence-electron chi connectivity index (χ0n) is 16.7. The van der Waals surface area contributed by atoms with Gasteiger partial charge in [0, 0.05) is 0 Å². The van der Waals surface area contributed by atoms with Gasteiger partial charge < -0.3 is 14.6 Å². The number of aliphatic carboxylic acids is 1. The summed E-state index contributed by atoms with van der Waals surface area (Å²) in [6, 6.07) is 16.9. The number of carboxylic acid groups (broad SMARTS) is 1. The van der Waals surface area contributed by atoms with Gasteiger partial charge in [0.1, 0.15) is 16.9 Å². The highest BCUT2D eigenvalue weighted by molar-refractivity contribution is 5.87. The molecule has 0 atom stereocenters. The summed E-state index contributed by atoms with van der Waals surface area (Å²) in [6.07, 6.45) is -10.3. The van der Waals surface area contributed by atoms with Crippen LogP contribution in [0.5, 0.6) is 11.5 Å². The minimum absolute atomic E-state index is 0.121. The predicted octanol–water partition coefficient (Wildman–Crippen LogP) is 6.10. The summed E-state index contributed by atoms with van der Waals surface area (Å²) in [6.45, 7) is 0. The van der Waals surface area contributed by atoms with Crippen LogP contribution >= 0.6 is 0 Å². The van der Waals surface area contributed by atoms with Crippen LogP contribution in [0.15, 0.2) is 78.9 Å². The second-order valence-electron chi connectivity index (χ2n) is 7.02. The molecule has 0 aliphatic rings. The molecule has 3 aromatic rings. The van der Waals surface area contributed by atoms with E-state index in [0.29, 0.717) is 5.56 Å². The van der Waals surface area contributed by atoms with Crippen LogP contribution in [-0.2, 0) is 16.6 Å². The monoisotopic (exact) mass is 470 g/mol. The Morgan fingerprint density at radius 2 is 1.15 bits per heavy atom. The fraction of sp³-hybridized carbons (Fsp3) is 0.174. The van der Waals surface area contributed by atoms with E-state index in [9.17, 15) is 36.2 Å². The van der Waals surface area contributed by atoms with Crippen molar-refractivity contribution in [3.8, 4) is 11.5 Å². The van der Waals surface area contributed by atoms with Crippen molar-refractivity contribution >= 4 is 5.97 Å². The third kappa shape index (κ3) is 5.97. The molecule has 10 heteroatoms. The van der Waals surface area contributed by atoms with Gasteiger partial charge >= 0.3 is 18.7 Å². The predicted molar refractivity (Wildman–Crippen MR) is 105 cm³/mol. The summed E-state index contributed by atoms with van der Waals surface area (Å²) in [5, 5.41) is 10.3. The molecule has 0 heterocycles. The summed E-state index contributed by atoms with van der Waals surface area (Å²) < 4.78 is 84.3. The van der Waals surface area contributed by atoms with Gasteiger partial charge in [-0.05, 0) is 47.4 Å². The minimum Gasteiger partial charge on any atom is -0.480 e. The van der Waals surface area contributed by atoms with E-state index in [0.717, 1.165) is 24.3 Å². The zero-order valence-corrected chi connectivity index (χ0v) is 16.7. The lowest BCUT2D eigenvalue weighted by molar-refractivity contribution is -0.275. The van der Waals surface area contributed by atoms with Crippen LogP contribution < -0.4 is 9.47 Å². The van der Waals surface area contributed by atoms with Gasteiger partial charge in [-0.3, -0.25) is 4.79 Å². The van der Waals surface area contributed by atoms with Crippen molar-refractivity contribution in [3.05, 3.63) is 95.6 Å². The van der Waals surface area contributed by atoms with Crippen molar-refractivity contribution in [1.29, 1.82) is 0 Å². The summed E-state index contributed by atoms with van der Waals surface area (Å²) in [5.74, 6) is -2.82. The normalized spacial score (nSPS) is 12.3. The molecule has 0 aliphatic heterocycles. The van der Waals surface area contributed by atoms with Crippen molar-refractivity contribution in [2.75, 3.05) is 0 Å². The van der Waals surface area contributed by atoms with E-state index in [4.69, 9.17) is 0 Å². The van der Waals surface area contributed by atoms with Gasteiger partial charge in [0.2, 0.25) is 0 Å². The first-order chi connectivity index (χ1) is 15.4. The number of benzene rings is 3. The molecule has 0 amide bonds. The number of halogens is 6. The smallest absolute Gasteiger partial charge is 0.480 e. The molecular weight excluding hydrogens is 454 g/mol. The molecule has 0 radical (unpaired) electrons. The summed E-state index contributed by atoms with van der Waals surface area (Å²) in [7, 11) is 0.